The van der Waals surface area contributed by atoms with E-state index >= 15 is 0 Å². The summed E-state index contributed by atoms with van der Waals surface area (Å²) in [7, 11) is 0. The average Bonchev–Trinajstić information content (AvgIpc) is 2.89. The highest BCUT2D eigenvalue weighted by atomic mass is 35.5. The number of halogens is 1. The monoisotopic (exact) mass is 295 g/mol. The van der Waals surface area contributed by atoms with Crippen molar-refractivity contribution in [2.75, 3.05) is 45.9 Å². The molecule has 2 aliphatic heterocycles. The lowest BCUT2D eigenvalue weighted by Gasteiger charge is -2.34. The number of hydrogen-bond donors (Lipinski definition) is 1. The van der Waals surface area contributed by atoms with Gasteiger partial charge in [-0.1, -0.05) is 11.6 Å². The fourth-order valence-electron chi connectivity index (χ4n) is 3.06. The molecule has 1 aromatic rings. The first-order valence-electron chi connectivity index (χ1n) is 7.35. The van der Waals surface area contributed by atoms with Gasteiger partial charge < -0.3 is 10.5 Å². The smallest absolute Gasteiger partial charge is 0.127 e. The van der Waals surface area contributed by atoms with Gasteiger partial charge in [0.2, 0.25) is 0 Å². The molecule has 0 atom stereocenters. The van der Waals surface area contributed by atoms with Gasteiger partial charge in [-0.2, -0.15) is 0 Å². The summed E-state index contributed by atoms with van der Waals surface area (Å²) >= 11 is 6.21. The molecule has 2 aliphatic rings. The molecular formula is C15H22ClN3O. The molecule has 0 spiro atoms. The summed E-state index contributed by atoms with van der Waals surface area (Å²) in [5.41, 5.74) is 8.10. The topological polar surface area (TPSA) is 41.7 Å². The number of piperazine rings is 1. The normalized spacial score (nSPS) is 19.9. The second kappa shape index (κ2) is 6.31. The first kappa shape index (κ1) is 14.1. The van der Waals surface area contributed by atoms with Gasteiger partial charge in [0.1, 0.15) is 5.75 Å². The molecule has 5 heteroatoms. The zero-order valence-corrected chi connectivity index (χ0v) is 12.5. The standard InChI is InChI=1S/C15H22ClN3O/c16-14-9-12-1-8-20-15(12)13(10-14)11-19-6-4-18(3-2-17)5-7-19/h9-10H,1-8,11,17H2. The SMILES string of the molecule is NCCN1CCN(Cc2cc(Cl)cc3c2OCC3)CC1. The Hall–Kier alpha value is -0.810. The number of nitrogens with zero attached hydrogens (tertiary/aromatic N) is 2. The van der Waals surface area contributed by atoms with E-state index in [-0.39, 0.29) is 0 Å². The molecule has 0 unspecified atom stereocenters. The van der Waals surface area contributed by atoms with Crippen LogP contribution < -0.4 is 10.5 Å². The minimum Gasteiger partial charge on any atom is -0.493 e. The molecule has 2 heterocycles. The Morgan fingerprint density at radius 3 is 2.65 bits per heavy atom. The number of hydrogen-bond acceptors (Lipinski definition) is 4. The van der Waals surface area contributed by atoms with Crippen LogP contribution >= 0.6 is 11.6 Å². The van der Waals surface area contributed by atoms with Gasteiger partial charge in [-0.05, 0) is 17.7 Å². The first-order valence-corrected chi connectivity index (χ1v) is 7.73. The van der Waals surface area contributed by atoms with Gasteiger partial charge in [0, 0.05) is 62.8 Å². The largest absolute Gasteiger partial charge is 0.493 e. The fraction of sp³-hybridized carbons (Fsp3) is 0.600. The highest BCUT2D eigenvalue weighted by molar-refractivity contribution is 6.30. The van der Waals surface area contributed by atoms with Crippen LogP contribution in [0.15, 0.2) is 12.1 Å². The molecule has 1 fully saturated rings. The van der Waals surface area contributed by atoms with Crippen molar-refractivity contribution in [3.63, 3.8) is 0 Å². The molecule has 3 rings (SSSR count). The van der Waals surface area contributed by atoms with Crippen molar-refractivity contribution in [2.24, 2.45) is 5.73 Å². The van der Waals surface area contributed by atoms with E-state index in [1.807, 2.05) is 6.07 Å². The Morgan fingerprint density at radius 2 is 1.90 bits per heavy atom. The zero-order chi connectivity index (χ0) is 13.9. The molecule has 20 heavy (non-hydrogen) atoms. The maximum Gasteiger partial charge on any atom is 0.127 e. The molecule has 0 bridgehead atoms. The van der Waals surface area contributed by atoms with E-state index in [4.69, 9.17) is 22.1 Å². The van der Waals surface area contributed by atoms with Gasteiger partial charge in [-0.15, -0.1) is 0 Å². The quantitative estimate of drug-likeness (QED) is 0.910. The van der Waals surface area contributed by atoms with Crippen molar-refractivity contribution < 1.29 is 4.74 Å². The summed E-state index contributed by atoms with van der Waals surface area (Å²) in [6.07, 6.45) is 0.979. The molecule has 0 aromatic heterocycles. The summed E-state index contributed by atoms with van der Waals surface area (Å²) in [4.78, 5) is 4.90. The van der Waals surface area contributed by atoms with Crippen molar-refractivity contribution in [1.82, 2.24) is 9.80 Å². The van der Waals surface area contributed by atoms with Crippen LogP contribution in [-0.4, -0.2) is 55.7 Å². The van der Waals surface area contributed by atoms with Gasteiger partial charge in [-0.25, -0.2) is 0 Å². The number of benzene rings is 1. The lowest BCUT2D eigenvalue weighted by Crippen LogP contribution is -2.47. The van der Waals surface area contributed by atoms with Gasteiger partial charge >= 0.3 is 0 Å². The molecule has 2 N–H and O–H groups in total. The highest BCUT2D eigenvalue weighted by Crippen LogP contribution is 2.33. The van der Waals surface area contributed by atoms with Gasteiger partial charge in [-0.3, -0.25) is 9.80 Å². The van der Waals surface area contributed by atoms with Crippen molar-refractivity contribution in [3.8, 4) is 5.75 Å². The average molecular weight is 296 g/mol. The van der Waals surface area contributed by atoms with Crippen LogP contribution in [0.3, 0.4) is 0 Å². The number of fused-ring (bicyclic) bond motifs is 1. The van der Waals surface area contributed by atoms with Gasteiger partial charge in [0.05, 0.1) is 6.61 Å². The van der Waals surface area contributed by atoms with Gasteiger partial charge in [0.25, 0.3) is 0 Å². The predicted octanol–water partition coefficient (Wildman–Crippen LogP) is 1.35. The molecule has 4 nitrogen and oxygen atoms in total. The van der Waals surface area contributed by atoms with Gasteiger partial charge in [0.15, 0.2) is 0 Å². The van der Waals surface area contributed by atoms with Crippen molar-refractivity contribution in [3.05, 3.63) is 28.3 Å². The van der Waals surface area contributed by atoms with Crippen LogP contribution in [0.4, 0.5) is 0 Å². The molecular weight excluding hydrogens is 274 g/mol. The molecule has 0 radical (unpaired) electrons. The van der Waals surface area contributed by atoms with E-state index < -0.39 is 0 Å². The van der Waals surface area contributed by atoms with Crippen molar-refractivity contribution in [1.29, 1.82) is 0 Å². The Balaban J connectivity index is 1.64. The lowest BCUT2D eigenvalue weighted by molar-refractivity contribution is 0.129. The summed E-state index contributed by atoms with van der Waals surface area (Å²) in [6.45, 7) is 7.83. The van der Waals surface area contributed by atoms with Crippen LogP contribution in [0.5, 0.6) is 5.75 Å². The third-order valence-corrected chi connectivity index (χ3v) is 4.35. The van der Waals surface area contributed by atoms with E-state index in [2.05, 4.69) is 15.9 Å². The molecule has 1 saturated heterocycles. The number of rotatable bonds is 4. The Morgan fingerprint density at radius 1 is 1.15 bits per heavy atom. The van der Waals surface area contributed by atoms with E-state index in [1.54, 1.807) is 0 Å². The number of ether oxygens (including phenoxy) is 1. The maximum atomic E-state index is 6.21. The highest BCUT2D eigenvalue weighted by Gasteiger charge is 2.21. The summed E-state index contributed by atoms with van der Waals surface area (Å²) in [5.74, 6) is 1.07. The lowest BCUT2D eigenvalue weighted by atomic mass is 10.1. The van der Waals surface area contributed by atoms with Crippen LogP contribution in [-0.2, 0) is 13.0 Å². The molecule has 0 saturated carbocycles. The van der Waals surface area contributed by atoms with Crippen LogP contribution in [0.2, 0.25) is 5.02 Å². The Kier molecular flexibility index (Phi) is 4.46. The second-order valence-corrected chi connectivity index (χ2v) is 5.99. The van der Waals surface area contributed by atoms with Crippen LogP contribution in [0.1, 0.15) is 11.1 Å². The minimum atomic E-state index is 0.746. The Bertz CT molecular complexity index is 472. The molecule has 1 aromatic carbocycles. The predicted molar refractivity (Wildman–Crippen MR) is 81.4 cm³/mol. The Labute approximate surface area is 125 Å². The fourth-order valence-corrected chi connectivity index (χ4v) is 3.32. The van der Waals surface area contributed by atoms with Crippen molar-refractivity contribution in [2.45, 2.75) is 13.0 Å². The summed E-state index contributed by atoms with van der Waals surface area (Å²) < 4.78 is 5.77. The third-order valence-electron chi connectivity index (χ3n) is 4.13. The molecule has 110 valence electrons. The maximum absolute atomic E-state index is 6.21. The van der Waals surface area contributed by atoms with E-state index in [1.165, 1.54) is 11.1 Å². The number of nitrogens with two attached hydrogens (primary N) is 1. The van der Waals surface area contributed by atoms with Crippen molar-refractivity contribution >= 4 is 11.6 Å². The third kappa shape index (κ3) is 3.09. The minimum absolute atomic E-state index is 0.746. The summed E-state index contributed by atoms with van der Waals surface area (Å²) in [6, 6.07) is 4.09. The first-order chi connectivity index (χ1) is 9.76. The second-order valence-electron chi connectivity index (χ2n) is 5.56. The van der Waals surface area contributed by atoms with E-state index in [9.17, 15) is 0 Å². The zero-order valence-electron chi connectivity index (χ0n) is 11.8. The van der Waals surface area contributed by atoms with E-state index in [0.717, 1.165) is 69.6 Å². The summed E-state index contributed by atoms with van der Waals surface area (Å²) in [5, 5.41) is 0.825. The molecule has 0 aliphatic carbocycles. The van der Waals surface area contributed by atoms with Crippen LogP contribution in [0, 0.1) is 0 Å². The van der Waals surface area contributed by atoms with Crippen LogP contribution in [0.25, 0.3) is 0 Å². The molecule has 0 amide bonds. The van der Waals surface area contributed by atoms with E-state index in [0.29, 0.717) is 0 Å².